The van der Waals surface area contributed by atoms with E-state index in [0.29, 0.717) is 0 Å². The fourth-order valence-corrected chi connectivity index (χ4v) is 4.81. The van der Waals surface area contributed by atoms with Gasteiger partial charge in [-0.1, -0.05) is 48.5 Å². The minimum Gasteiger partial charge on any atom is -0.507 e. The topological polar surface area (TPSA) is 137 Å². The molecule has 8 nitrogen and oxygen atoms in total. The van der Waals surface area contributed by atoms with Crippen molar-refractivity contribution in [3.8, 4) is 28.4 Å². The fraction of sp³-hybridized carbons (Fsp3) is 0. The molecular weight excluding hydrogens is 458 g/mol. The molecule has 0 aliphatic rings. The van der Waals surface area contributed by atoms with Crippen molar-refractivity contribution in [1.82, 2.24) is 0 Å². The summed E-state index contributed by atoms with van der Waals surface area (Å²) in [5.74, 6) is -2.07. The Kier molecular flexibility index (Phi) is 4.91. The third kappa shape index (κ3) is 3.48. The van der Waals surface area contributed by atoms with E-state index in [4.69, 9.17) is 4.42 Å². The highest BCUT2D eigenvalue weighted by atomic mass is 32.2. The molecule has 1 heterocycles. The zero-order valence-electron chi connectivity index (χ0n) is 17.4. The SMILES string of the molecule is O=c1c2c(O)cccc2oc2cc(NS(=O)(=O)c3ccc(-c4ccccc4)cc3)c(O)c(O)c12. The summed E-state index contributed by atoms with van der Waals surface area (Å²) < 4.78 is 33.7. The number of hydrogen-bond donors (Lipinski definition) is 4. The molecular formula is C25H17NO7S. The van der Waals surface area contributed by atoms with Crippen LogP contribution < -0.4 is 10.2 Å². The highest BCUT2D eigenvalue weighted by Crippen LogP contribution is 2.41. The third-order valence-corrected chi connectivity index (χ3v) is 6.81. The van der Waals surface area contributed by atoms with Gasteiger partial charge in [-0.15, -0.1) is 0 Å². The van der Waals surface area contributed by atoms with Crippen molar-refractivity contribution in [3.05, 3.63) is 89.1 Å². The molecule has 0 spiro atoms. The predicted molar refractivity (Wildman–Crippen MR) is 128 cm³/mol. The monoisotopic (exact) mass is 475 g/mol. The van der Waals surface area contributed by atoms with Gasteiger partial charge in [0.05, 0.1) is 10.6 Å². The maximum atomic E-state index is 12.9. The molecule has 0 atom stereocenters. The lowest BCUT2D eigenvalue weighted by Gasteiger charge is -2.13. The highest BCUT2D eigenvalue weighted by Gasteiger charge is 2.23. The van der Waals surface area contributed by atoms with Crippen LogP contribution in [0.15, 0.2) is 93.0 Å². The maximum absolute atomic E-state index is 12.9. The van der Waals surface area contributed by atoms with E-state index < -0.39 is 27.0 Å². The van der Waals surface area contributed by atoms with E-state index in [0.717, 1.165) is 17.2 Å². The second kappa shape index (κ2) is 7.82. The molecule has 34 heavy (non-hydrogen) atoms. The van der Waals surface area contributed by atoms with E-state index in [1.807, 2.05) is 30.3 Å². The van der Waals surface area contributed by atoms with Crippen molar-refractivity contribution >= 4 is 37.6 Å². The highest BCUT2D eigenvalue weighted by molar-refractivity contribution is 7.92. The van der Waals surface area contributed by atoms with Crippen LogP contribution >= 0.6 is 0 Å². The summed E-state index contributed by atoms with van der Waals surface area (Å²) in [4.78, 5) is 12.7. The molecule has 0 amide bonds. The first-order valence-corrected chi connectivity index (χ1v) is 11.6. The number of anilines is 1. The molecule has 0 radical (unpaired) electrons. The van der Waals surface area contributed by atoms with Crippen molar-refractivity contribution in [2.24, 2.45) is 0 Å². The van der Waals surface area contributed by atoms with Crippen LogP contribution in [-0.2, 0) is 10.0 Å². The van der Waals surface area contributed by atoms with E-state index in [1.54, 1.807) is 12.1 Å². The number of fused-ring (bicyclic) bond motifs is 2. The number of phenols is 3. The molecule has 5 aromatic rings. The van der Waals surface area contributed by atoms with Crippen LogP contribution in [0, 0.1) is 0 Å². The molecule has 4 N–H and O–H groups in total. The smallest absolute Gasteiger partial charge is 0.262 e. The summed E-state index contributed by atoms with van der Waals surface area (Å²) in [6, 6.07) is 20.9. The second-order valence-corrected chi connectivity index (χ2v) is 9.25. The predicted octanol–water partition coefficient (Wildman–Crippen LogP) is 4.53. The van der Waals surface area contributed by atoms with Gasteiger partial charge in [-0.25, -0.2) is 8.42 Å². The van der Waals surface area contributed by atoms with Crippen LogP contribution in [0.25, 0.3) is 33.1 Å². The lowest BCUT2D eigenvalue weighted by Crippen LogP contribution is -2.13. The second-order valence-electron chi connectivity index (χ2n) is 7.57. The van der Waals surface area contributed by atoms with E-state index in [-0.39, 0.29) is 38.3 Å². The Hall–Kier alpha value is -4.50. The molecule has 9 heteroatoms. The Bertz CT molecular complexity index is 1730. The van der Waals surface area contributed by atoms with Crippen molar-refractivity contribution in [2.45, 2.75) is 4.90 Å². The van der Waals surface area contributed by atoms with Gasteiger partial charge >= 0.3 is 0 Å². The number of sulfonamides is 1. The molecule has 0 bridgehead atoms. The Balaban J connectivity index is 1.57. The Morgan fingerprint density at radius 3 is 2.09 bits per heavy atom. The molecule has 0 unspecified atom stereocenters. The fourth-order valence-electron chi connectivity index (χ4n) is 3.75. The number of hydrogen-bond acceptors (Lipinski definition) is 7. The van der Waals surface area contributed by atoms with Gasteiger partial charge in [0.25, 0.3) is 10.0 Å². The first-order valence-electron chi connectivity index (χ1n) is 10.1. The van der Waals surface area contributed by atoms with E-state index >= 15 is 0 Å². The third-order valence-electron chi connectivity index (χ3n) is 5.43. The van der Waals surface area contributed by atoms with Crippen LogP contribution in [0.1, 0.15) is 0 Å². The first-order chi connectivity index (χ1) is 16.3. The van der Waals surface area contributed by atoms with E-state index in [9.17, 15) is 28.5 Å². The quantitative estimate of drug-likeness (QED) is 0.221. The van der Waals surface area contributed by atoms with Crippen molar-refractivity contribution in [2.75, 3.05) is 4.72 Å². The first kappa shape index (κ1) is 21.4. The van der Waals surface area contributed by atoms with Gasteiger partial charge in [0.15, 0.2) is 11.5 Å². The molecule has 0 aliphatic heterocycles. The minimum absolute atomic E-state index is 0.0351. The number of benzene rings is 4. The number of phenolic OH excluding ortho intramolecular Hbond substituents is 3. The molecule has 4 aromatic carbocycles. The lowest BCUT2D eigenvalue weighted by molar-refractivity contribution is 0.409. The summed E-state index contributed by atoms with van der Waals surface area (Å²) in [6.07, 6.45) is 0. The van der Waals surface area contributed by atoms with Gasteiger partial charge in [0.2, 0.25) is 5.43 Å². The lowest BCUT2D eigenvalue weighted by atomic mass is 10.1. The summed E-state index contributed by atoms with van der Waals surface area (Å²) in [5, 5.41) is 30.4. The Morgan fingerprint density at radius 2 is 1.38 bits per heavy atom. The van der Waals surface area contributed by atoms with Crippen molar-refractivity contribution < 1.29 is 28.2 Å². The Morgan fingerprint density at radius 1 is 0.706 bits per heavy atom. The van der Waals surface area contributed by atoms with Crippen LogP contribution in [0.3, 0.4) is 0 Å². The zero-order chi connectivity index (χ0) is 24.0. The van der Waals surface area contributed by atoms with Gasteiger partial charge in [-0.3, -0.25) is 9.52 Å². The zero-order valence-corrected chi connectivity index (χ0v) is 18.2. The molecule has 5 rings (SSSR count). The molecule has 0 saturated carbocycles. The van der Waals surface area contributed by atoms with Crippen LogP contribution in [0.2, 0.25) is 0 Å². The van der Waals surface area contributed by atoms with Gasteiger partial charge in [0.1, 0.15) is 27.7 Å². The largest absolute Gasteiger partial charge is 0.507 e. The molecule has 0 fully saturated rings. The van der Waals surface area contributed by atoms with Gasteiger partial charge < -0.3 is 19.7 Å². The summed E-state index contributed by atoms with van der Waals surface area (Å²) >= 11 is 0. The normalized spacial score (nSPS) is 11.6. The number of nitrogens with one attached hydrogen (secondary N) is 1. The summed E-state index contributed by atoms with van der Waals surface area (Å²) in [5.41, 5.74) is 0.462. The average Bonchev–Trinajstić information content (AvgIpc) is 2.83. The average molecular weight is 475 g/mol. The van der Waals surface area contributed by atoms with Crippen LogP contribution in [0.4, 0.5) is 5.69 Å². The van der Waals surface area contributed by atoms with E-state index in [1.165, 1.54) is 30.3 Å². The van der Waals surface area contributed by atoms with Gasteiger partial charge in [-0.2, -0.15) is 0 Å². The van der Waals surface area contributed by atoms with Crippen molar-refractivity contribution in [3.63, 3.8) is 0 Å². The van der Waals surface area contributed by atoms with Crippen LogP contribution in [0.5, 0.6) is 17.2 Å². The summed E-state index contributed by atoms with van der Waals surface area (Å²) in [7, 11) is -4.16. The summed E-state index contributed by atoms with van der Waals surface area (Å²) in [6.45, 7) is 0. The van der Waals surface area contributed by atoms with E-state index in [2.05, 4.69) is 4.72 Å². The molecule has 0 saturated heterocycles. The Labute approximate surface area is 193 Å². The van der Waals surface area contributed by atoms with Crippen LogP contribution in [-0.4, -0.2) is 23.7 Å². The molecule has 1 aromatic heterocycles. The van der Waals surface area contributed by atoms with Gasteiger partial charge in [0, 0.05) is 6.07 Å². The minimum atomic E-state index is -4.16. The molecule has 170 valence electrons. The maximum Gasteiger partial charge on any atom is 0.262 e. The van der Waals surface area contributed by atoms with Crippen molar-refractivity contribution in [1.29, 1.82) is 0 Å². The molecule has 0 aliphatic carbocycles. The number of rotatable bonds is 4. The standard InChI is InChI=1S/C25H17NO7S/c27-18-7-4-8-19-21(18)24(29)22-20(33-19)13-17(23(28)25(22)30)26-34(31,32)16-11-9-15(10-12-16)14-5-2-1-3-6-14/h1-13,26-28,30H. The number of aromatic hydroxyl groups is 3. The van der Waals surface area contributed by atoms with Gasteiger partial charge in [-0.05, 0) is 35.4 Å².